The van der Waals surface area contributed by atoms with Crippen molar-refractivity contribution in [2.75, 3.05) is 12.1 Å². The summed E-state index contributed by atoms with van der Waals surface area (Å²) in [6.45, 7) is 1.66. The number of carbonyl (C=O) groups is 1. The first-order valence-corrected chi connectivity index (χ1v) is 7.15. The summed E-state index contributed by atoms with van der Waals surface area (Å²) in [4.78, 5) is 22.6. The Morgan fingerprint density at radius 3 is 2.79 bits per heavy atom. The number of hydrogen-bond donors (Lipinski definition) is 1. The Bertz CT molecular complexity index is 792. The predicted octanol–water partition coefficient (Wildman–Crippen LogP) is 2.73. The van der Waals surface area contributed by atoms with Crippen molar-refractivity contribution >= 4 is 17.3 Å². The lowest BCUT2D eigenvalue weighted by Gasteiger charge is -2.14. The number of nitrogens with zero attached hydrogens (tertiary/aromatic N) is 1. The van der Waals surface area contributed by atoms with E-state index in [9.17, 15) is 14.9 Å². The number of amides is 1. The van der Waals surface area contributed by atoms with Gasteiger partial charge in [-0.25, -0.2) is 0 Å². The van der Waals surface area contributed by atoms with Crippen LogP contribution >= 0.6 is 0 Å². The standard InChI is InChI=1S/C16H14N2O6/c1-10(24-13-5-3-2-4-12(13)18(20)21)16(19)17-11-6-7-14-15(8-11)23-9-22-14/h2-8,10H,9H2,1H3,(H,17,19). The Morgan fingerprint density at radius 1 is 1.25 bits per heavy atom. The highest BCUT2D eigenvalue weighted by Crippen LogP contribution is 2.34. The quantitative estimate of drug-likeness (QED) is 0.668. The van der Waals surface area contributed by atoms with Crippen LogP contribution in [-0.4, -0.2) is 23.7 Å². The first-order valence-electron chi connectivity index (χ1n) is 7.15. The van der Waals surface area contributed by atoms with Crippen molar-refractivity contribution in [1.29, 1.82) is 0 Å². The third-order valence-corrected chi connectivity index (χ3v) is 3.38. The molecule has 3 rings (SSSR count). The monoisotopic (exact) mass is 330 g/mol. The second-order valence-corrected chi connectivity index (χ2v) is 5.04. The van der Waals surface area contributed by atoms with Crippen molar-refractivity contribution in [3.05, 3.63) is 52.6 Å². The first kappa shape index (κ1) is 15.6. The normalized spacial score (nSPS) is 13.2. The number of nitro benzene ring substituents is 1. The molecule has 124 valence electrons. The highest BCUT2D eigenvalue weighted by Gasteiger charge is 2.21. The highest BCUT2D eigenvalue weighted by molar-refractivity contribution is 5.94. The third kappa shape index (κ3) is 3.22. The van der Waals surface area contributed by atoms with E-state index in [4.69, 9.17) is 14.2 Å². The van der Waals surface area contributed by atoms with Gasteiger partial charge in [-0.1, -0.05) is 12.1 Å². The molecule has 0 aromatic heterocycles. The van der Waals surface area contributed by atoms with E-state index in [1.54, 1.807) is 24.3 Å². The number of benzene rings is 2. The molecule has 0 bridgehead atoms. The third-order valence-electron chi connectivity index (χ3n) is 3.38. The molecule has 1 atom stereocenters. The number of nitro groups is 1. The molecule has 1 aliphatic rings. The molecule has 1 N–H and O–H groups in total. The number of rotatable bonds is 5. The Labute approximate surface area is 137 Å². The predicted molar refractivity (Wildman–Crippen MR) is 84.4 cm³/mol. The molecule has 0 saturated carbocycles. The molecule has 0 radical (unpaired) electrons. The average molecular weight is 330 g/mol. The zero-order valence-electron chi connectivity index (χ0n) is 12.7. The fraction of sp³-hybridized carbons (Fsp3) is 0.188. The molecule has 8 heteroatoms. The lowest BCUT2D eigenvalue weighted by atomic mass is 10.2. The summed E-state index contributed by atoms with van der Waals surface area (Å²) in [6, 6.07) is 10.9. The fourth-order valence-electron chi connectivity index (χ4n) is 2.17. The summed E-state index contributed by atoms with van der Waals surface area (Å²) in [5, 5.41) is 13.6. The van der Waals surface area contributed by atoms with E-state index in [1.165, 1.54) is 25.1 Å². The lowest BCUT2D eigenvalue weighted by Crippen LogP contribution is -2.30. The molecule has 1 heterocycles. The van der Waals surface area contributed by atoms with Crippen molar-refractivity contribution in [2.24, 2.45) is 0 Å². The van der Waals surface area contributed by atoms with Crippen molar-refractivity contribution in [1.82, 2.24) is 0 Å². The van der Waals surface area contributed by atoms with Crippen molar-refractivity contribution in [3.63, 3.8) is 0 Å². The average Bonchev–Trinajstić information content (AvgIpc) is 3.02. The van der Waals surface area contributed by atoms with Gasteiger partial charge in [0.1, 0.15) is 0 Å². The highest BCUT2D eigenvalue weighted by atomic mass is 16.7. The molecule has 8 nitrogen and oxygen atoms in total. The van der Waals surface area contributed by atoms with Crippen LogP contribution in [0.15, 0.2) is 42.5 Å². The second kappa shape index (κ2) is 6.45. The van der Waals surface area contributed by atoms with Crippen molar-refractivity contribution in [2.45, 2.75) is 13.0 Å². The Balaban J connectivity index is 1.68. The van der Waals surface area contributed by atoms with Crippen LogP contribution in [0.1, 0.15) is 6.92 Å². The largest absolute Gasteiger partial charge is 0.474 e. The van der Waals surface area contributed by atoms with Crippen LogP contribution in [-0.2, 0) is 4.79 Å². The number of nitrogens with one attached hydrogen (secondary N) is 1. The van der Waals surface area contributed by atoms with Gasteiger partial charge in [-0.2, -0.15) is 0 Å². The van der Waals surface area contributed by atoms with Gasteiger partial charge in [0.15, 0.2) is 23.4 Å². The van der Waals surface area contributed by atoms with E-state index in [1.807, 2.05) is 0 Å². The van der Waals surface area contributed by atoms with Gasteiger partial charge in [0, 0.05) is 17.8 Å². The zero-order valence-corrected chi connectivity index (χ0v) is 12.7. The smallest absolute Gasteiger partial charge is 0.310 e. The summed E-state index contributed by atoms with van der Waals surface area (Å²) in [5.41, 5.74) is 0.322. The van der Waals surface area contributed by atoms with Gasteiger partial charge in [0.2, 0.25) is 6.79 Å². The number of hydrogen-bond acceptors (Lipinski definition) is 6. The topological polar surface area (TPSA) is 99.9 Å². The van der Waals surface area contributed by atoms with Crippen LogP contribution in [0.2, 0.25) is 0 Å². The number of ether oxygens (including phenoxy) is 3. The maximum absolute atomic E-state index is 12.2. The van der Waals surface area contributed by atoms with Gasteiger partial charge in [-0.3, -0.25) is 14.9 Å². The van der Waals surface area contributed by atoms with Crippen LogP contribution in [0.4, 0.5) is 11.4 Å². The molecular weight excluding hydrogens is 316 g/mol. The van der Waals surface area contributed by atoms with E-state index >= 15 is 0 Å². The van der Waals surface area contributed by atoms with Gasteiger partial charge in [0.05, 0.1) is 4.92 Å². The Hall–Kier alpha value is -3.29. The van der Waals surface area contributed by atoms with Crippen LogP contribution in [0.3, 0.4) is 0 Å². The fourth-order valence-corrected chi connectivity index (χ4v) is 2.17. The Morgan fingerprint density at radius 2 is 2.00 bits per heavy atom. The van der Waals surface area contributed by atoms with Gasteiger partial charge in [0.25, 0.3) is 5.91 Å². The van der Waals surface area contributed by atoms with E-state index < -0.39 is 16.9 Å². The van der Waals surface area contributed by atoms with Gasteiger partial charge in [-0.15, -0.1) is 0 Å². The number of anilines is 1. The SMILES string of the molecule is CC(Oc1ccccc1[N+](=O)[O-])C(=O)Nc1ccc2c(c1)OCO2. The molecule has 0 spiro atoms. The van der Waals surface area contributed by atoms with Gasteiger partial charge in [-0.05, 0) is 25.1 Å². The van der Waals surface area contributed by atoms with Gasteiger partial charge < -0.3 is 19.5 Å². The molecule has 0 aliphatic carbocycles. The molecule has 0 fully saturated rings. The summed E-state index contributed by atoms with van der Waals surface area (Å²) in [7, 11) is 0. The van der Waals surface area contributed by atoms with Gasteiger partial charge >= 0.3 is 5.69 Å². The molecule has 1 unspecified atom stereocenters. The molecule has 24 heavy (non-hydrogen) atoms. The number of fused-ring (bicyclic) bond motifs is 1. The van der Waals surface area contributed by atoms with Crippen molar-refractivity contribution in [3.8, 4) is 17.2 Å². The number of para-hydroxylation sites is 2. The molecule has 2 aromatic rings. The van der Waals surface area contributed by atoms with Crippen LogP contribution in [0.25, 0.3) is 0 Å². The van der Waals surface area contributed by atoms with E-state index in [-0.39, 0.29) is 18.2 Å². The maximum Gasteiger partial charge on any atom is 0.310 e. The molecular formula is C16H14N2O6. The second-order valence-electron chi connectivity index (χ2n) is 5.04. The van der Waals surface area contributed by atoms with E-state index in [0.717, 1.165) is 0 Å². The molecule has 1 aliphatic heterocycles. The minimum Gasteiger partial charge on any atom is -0.474 e. The molecule has 1 amide bonds. The summed E-state index contributed by atoms with van der Waals surface area (Å²) >= 11 is 0. The maximum atomic E-state index is 12.2. The van der Waals surface area contributed by atoms with Crippen molar-refractivity contribution < 1.29 is 23.9 Å². The summed E-state index contributed by atoms with van der Waals surface area (Å²) < 4.78 is 15.9. The van der Waals surface area contributed by atoms with Crippen LogP contribution in [0.5, 0.6) is 17.2 Å². The molecule has 0 saturated heterocycles. The van der Waals surface area contributed by atoms with E-state index in [0.29, 0.717) is 17.2 Å². The summed E-state index contributed by atoms with van der Waals surface area (Å²) in [6.07, 6.45) is -0.920. The minimum absolute atomic E-state index is 0.0378. The van der Waals surface area contributed by atoms with Crippen LogP contribution in [0, 0.1) is 10.1 Å². The minimum atomic E-state index is -0.920. The number of carbonyl (C=O) groups excluding carboxylic acids is 1. The molecule has 2 aromatic carbocycles. The van der Waals surface area contributed by atoms with Crippen LogP contribution < -0.4 is 19.5 Å². The summed E-state index contributed by atoms with van der Waals surface area (Å²) in [5.74, 6) is 0.750. The van der Waals surface area contributed by atoms with E-state index in [2.05, 4.69) is 5.32 Å². The first-order chi connectivity index (χ1) is 11.5. The zero-order chi connectivity index (χ0) is 17.1. The lowest BCUT2D eigenvalue weighted by molar-refractivity contribution is -0.386. The Kier molecular flexibility index (Phi) is 4.19.